The van der Waals surface area contributed by atoms with Crippen molar-refractivity contribution in [3.63, 3.8) is 0 Å². The van der Waals surface area contributed by atoms with Crippen LogP contribution < -0.4 is 0 Å². The lowest BCUT2D eigenvalue weighted by molar-refractivity contribution is -0.148. The number of rotatable bonds is 5. The molecule has 11 nitrogen and oxygen atoms in total. The minimum Gasteiger partial charge on any atom is -0.456 e. The molecule has 1 N–H and O–H groups in total. The fraction of sp³-hybridized carbons (Fsp3) is 0.565. The highest BCUT2D eigenvalue weighted by Crippen LogP contribution is 2.43. The average molecular weight is 468 g/mol. The molecule has 0 saturated carbocycles. The molecule has 2 aromatic heterocycles. The van der Waals surface area contributed by atoms with Crippen molar-refractivity contribution in [1.82, 2.24) is 35.0 Å². The van der Waals surface area contributed by atoms with Crippen LogP contribution in [0.2, 0.25) is 0 Å². The van der Waals surface area contributed by atoms with Crippen LogP contribution in [0.1, 0.15) is 50.0 Å². The molecule has 1 unspecified atom stereocenters. The summed E-state index contributed by atoms with van der Waals surface area (Å²) in [5, 5.41) is 22.0. The minimum atomic E-state index is -0.683. The molecule has 180 valence electrons. The van der Waals surface area contributed by atoms with Gasteiger partial charge < -0.3 is 19.6 Å². The number of aryl methyl sites for hydroxylation is 1. The molecular weight excluding hydrogens is 438 g/mol. The van der Waals surface area contributed by atoms with E-state index in [1.54, 1.807) is 17.9 Å². The Labute approximate surface area is 197 Å². The van der Waals surface area contributed by atoms with Gasteiger partial charge in [-0.2, -0.15) is 4.68 Å². The van der Waals surface area contributed by atoms with E-state index in [0.29, 0.717) is 24.5 Å². The number of cyclic esters (lactones) is 1. The number of tetrazole rings is 1. The second kappa shape index (κ2) is 8.88. The van der Waals surface area contributed by atoms with E-state index in [1.807, 2.05) is 13.0 Å². The largest absolute Gasteiger partial charge is 0.456 e. The number of esters is 1. The van der Waals surface area contributed by atoms with Crippen LogP contribution in [-0.4, -0.2) is 84.8 Å². The summed E-state index contributed by atoms with van der Waals surface area (Å²) in [7, 11) is 0. The van der Waals surface area contributed by atoms with E-state index in [1.165, 1.54) is 11.0 Å². The SMILES string of the molecule is CC1=C(N2CCCC3(CCN(CC(O)c4ccc(-n5cnnn5)nc4C)CC3)C2=O)COC1=O. The zero-order chi connectivity index (χ0) is 23.9. The van der Waals surface area contributed by atoms with Gasteiger partial charge >= 0.3 is 5.97 Å². The van der Waals surface area contributed by atoms with Crippen molar-refractivity contribution < 1.29 is 19.4 Å². The Bertz CT molecular complexity index is 1120. The first-order valence-corrected chi connectivity index (χ1v) is 11.7. The topological polar surface area (TPSA) is 127 Å². The van der Waals surface area contributed by atoms with Crippen molar-refractivity contribution in [2.45, 2.75) is 45.6 Å². The Kier molecular flexibility index (Phi) is 5.90. The number of likely N-dealkylation sites (tertiary alicyclic amines) is 2. The summed E-state index contributed by atoms with van der Waals surface area (Å²) in [6.07, 6.45) is 4.05. The zero-order valence-corrected chi connectivity index (χ0v) is 19.5. The lowest BCUT2D eigenvalue weighted by Gasteiger charge is -2.46. The van der Waals surface area contributed by atoms with Gasteiger partial charge in [-0.05, 0) is 69.1 Å². The van der Waals surface area contributed by atoms with Crippen molar-refractivity contribution in [1.29, 1.82) is 0 Å². The number of carbonyl (C=O) groups excluding carboxylic acids is 2. The van der Waals surface area contributed by atoms with Crippen molar-refractivity contribution in [3.05, 3.63) is 41.0 Å². The number of amides is 1. The maximum absolute atomic E-state index is 13.5. The van der Waals surface area contributed by atoms with Crippen molar-refractivity contribution in [3.8, 4) is 5.82 Å². The monoisotopic (exact) mass is 467 g/mol. The van der Waals surface area contributed by atoms with Crippen LogP contribution in [0.15, 0.2) is 29.7 Å². The molecule has 1 spiro atoms. The quantitative estimate of drug-likeness (QED) is 0.639. The fourth-order valence-corrected chi connectivity index (χ4v) is 5.35. The van der Waals surface area contributed by atoms with Gasteiger partial charge in [-0.3, -0.25) is 4.79 Å². The minimum absolute atomic E-state index is 0.116. The molecule has 5 rings (SSSR count). The van der Waals surface area contributed by atoms with Crippen LogP contribution in [0, 0.1) is 12.3 Å². The summed E-state index contributed by atoms with van der Waals surface area (Å²) < 4.78 is 6.61. The van der Waals surface area contributed by atoms with E-state index in [4.69, 9.17) is 4.74 Å². The molecule has 5 heterocycles. The lowest BCUT2D eigenvalue weighted by atomic mass is 9.71. The van der Waals surface area contributed by atoms with Gasteiger partial charge in [0.15, 0.2) is 5.82 Å². The van der Waals surface area contributed by atoms with Gasteiger partial charge in [-0.25, -0.2) is 9.78 Å². The predicted molar refractivity (Wildman–Crippen MR) is 119 cm³/mol. The molecule has 0 aromatic carbocycles. The predicted octanol–water partition coefficient (Wildman–Crippen LogP) is 0.935. The number of nitrogens with zero attached hydrogens (tertiary/aromatic N) is 7. The smallest absolute Gasteiger partial charge is 0.336 e. The highest BCUT2D eigenvalue weighted by Gasteiger charge is 2.47. The van der Waals surface area contributed by atoms with Crippen LogP contribution in [0.25, 0.3) is 5.82 Å². The Morgan fingerprint density at radius 2 is 1.94 bits per heavy atom. The average Bonchev–Trinajstić information content (AvgIpc) is 3.48. The maximum atomic E-state index is 13.5. The summed E-state index contributed by atoms with van der Waals surface area (Å²) in [5.41, 5.74) is 2.36. The van der Waals surface area contributed by atoms with Gasteiger partial charge in [-0.15, -0.1) is 5.10 Å². The zero-order valence-electron chi connectivity index (χ0n) is 19.5. The van der Waals surface area contributed by atoms with Crippen molar-refractivity contribution in [2.24, 2.45) is 5.41 Å². The Morgan fingerprint density at radius 1 is 1.15 bits per heavy atom. The summed E-state index contributed by atoms with van der Waals surface area (Å²) in [6, 6.07) is 3.65. The number of aromatic nitrogens is 5. The number of ether oxygens (including phenoxy) is 1. The standard InChI is InChI=1S/C23H29N7O4/c1-15-18(13-34-21(15)32)29-9-3-6-23(22(29)33)7-10-28(11-8-23)12-19(31)17-4-5-20(25-16(17)2)30-14-24-26-27-30/h4-5,14,19,31H,3,6-13H2,1-2H3. The van der Waals surface area contributed by atoms with Crippen LogP contribution in [-0.2, 0) is 14.3 Å². The van der Waals surface area contributed by atoms with Gasteiger partial charge in [0.25, 0.3) is 0 Å². The molecule has 34 heavy (non-hydrogen) atoms. The van der Waals surface area contributed by atoms with E-state index in [0.717, 1.165) is 55.7 Å². The van der Waals surface area contributed by atoms with Crippen LogP contribution in [0.3, 0.4) is 0 Å². The highest BCUT2D eigenvalue weighted by atomic mass is 16.5. The third-order valence-electron chi connectivity index (χ3n) is 7.44. The summed E-state index contributed by atoms with van der Waals surface area (Å²) >= 11 is 0. The first-order chi connectivity index (χ1) is 16.4. The normalized spacial score (nSPS) is 21.9. The highest BCUT2D eigenvalue weighted by molar-refractivity contribution is 5.93. The number of pyridine rings is 1. The molecule has 2 saturated heterocycles. The number of hydrogen-bond donors (Lipinski definition) is 1. The van der Waals surface area contributed by atoms with Gasteiger partial charge in [0.2, 0.25) is 5.91 Å². The third kappa shape index (κ3) is 3.98. The molecule has 1 atom stereocenters. The Morgan fingerprint density at radius 3 is 2.59 bits per heavy atom. The van der Waals surface area contributed by atoms with E-state index >= 15 is 0 Å². The van der Waals surface area contributed by atoms with E-state index in [9.17, 15) is 14.7 Å². The molecule has 0 radical (unpaired) electrons. The fourth-order valence-electron chi connectivity index (χ4n) is 5.35. The van der Waals surface area contributed by atoms with Crippen molar-refractivity contribution in [2.75, 3.05) is 32.8 Å². The molecule has 2 fully saturated rings. The lowest BCUT2D eigenvalue weighted by Crippen LogP contribution is -2.53. The molecule has 3 aliphatic heterocycles. The molecule has 0 bridgehead atoms. The second-order valence-electron chi connectivity index (χ2n) is 9.40. The third-order valence-corrected chi connectivity index (χ3v) is 7.44. The first kappa shape index (κ1) is 22.6. The van der Waals surface area contributed by atoms with Crippen LogP contribution in [0.4, 0.5) is 0 Å². The number of aliphatic hydroxyl groups excluding tert-OH is 1. The number of piperidine rings is 2. The van der Waals surface area contributed by atoms with E-state index in [-0.39, 0.29) is 18.5 Å². The van der Waals surface area contributed by atoms with Gasteiger partial charge in [0.05, 0.1) is 22.8 Å². The molecule has 3 aliphatic rings. The molecule has 1 amide bonds. The second-order valence-corrected chi connectivity index (χ2v) is 9.40. The van der Waals surface area contributed by atoms with Crippen LogP contribution >= 0.6 is 0 Å². The van der Waals surface area contributed by atoms with E-state index in [2.05, 4.69) is 25.4 Å². The molecule has 2 aromatic rings. The number of aliphatic hydroxyl groups is 1. The number of β-amino-alcohol motifs (C(OH)–C–C–N with tert-alkyl or cyclic N) is 1. The summed E-state index contributed by atoms with van der Waals surface area (Å²) in [6.45, 7) is 6.37. The van der Waals surface area contributed by atoms with Gasteiger partial charge in [0.1, 0.15) is 12.9 Å². The maximum Gasteiger partial charge on any atom is 0.336 e. The first-order valence-electron chi connectivity index (χ1n) is 11.7. The van der Waals surface area contributed by atoms with Crippen molar-refractivity contribution >= 4 is 11.9 Å². The van der Waals surface area contributed by atoms with Crippen LogP contribution in [0.5, 0.6) is 0 Å². The Balaban J connectivity index is 1.22. The summed E-state index contributed by atoms with van der Waals surface area (Å²) in [5.74, 6) is 0.380. The molecule has 0 aliphatic carbocycles. The van der Waals surface area contributed by atoms with Gasteiger partial charge in [0, 0.05) is 24.3 Å². The van der Waals surface area contributed by atoms with Gasteiger partial charge in [-0.1, -0.05) is 6.07 Å². The molecule has 11 heteroatoms. The summed E-state index contributed by atoms with van der Waals surface area (Å²) in [4.78, 5) is 33.8. The molecular formula is C23H29N7O4. The van der Waals surface area contributed by atoms with E-state index < -0.39 is 11.5 Å². The number of carbonyl (C=O) groups is 2. The Hall–Kier alpha value is -3.18. The number of hydrogen-bond acceptors (Lipinski definition) is 9.